The molecule has 6 nitrogen and oxygen atoms in total. The lowest BCUT2D eigenvalue weighted by molar-refractivity contribution is -0.169. The van der Waals surface area contributed by atoms with Crippen LogP contribution in [0.25, 0.3) is 0 Å². The van der Waals surface area contributed by atoms with Crippen molar-refractivity contribution in [2.45, 2.75) is 18.6 Å². The Morgan fingerprint density at radius 1 is 1.20 bits per heavy atom. The Hall–Kier alpha value is -0.790. The molecule has 0 atom stereocenters. The zero-order valence-electron chi connectivity index (χ0n) is 8.26. The lowest BCUT2D eigenvalue weighted by Gasteiger charge is -2.36. The smallest absolute Gasteiger partial charge is 0.227 e. The van der Waals surface area contributed by atoms with Gasteiger partial charge in [-0.3, -0.25) is 0 Å². The molecule has 0 aliphatic carbocycles. The van der Waals surface area contributed by atoms with E-state index in [0.717, 1.165) is 44.3 Å². The van der Waals surface area contributed by atoms with Crippen LogP contribution in [0.3, 0.4) is 0 Å². The van der Waals surface area contributed by atoms with Crippen LogP contribution in [0.1, 0.15) is 12.8 Å². The summed E-state index contributed by atoms with van der Waals surface area (Å²) in [6, 6.07) is 0. The van der Waals surface area contributed by atoms with E-state index in [1.165, 1.54) is 11.5 Å². The van der Waals surface area contributed by atoms with Gasteiger partial charge in [0.25, 0.3) is 0 Å². The van der Waals surface area contributed by atoms with E-state index in [1.54, 1.807) is 0 Å². The van der Waals surface area contributed by atoms with E-state index < -0.39 is 0 Å². The molecule has 15 heavy (non-hydrogen) atoms. The standard InChI is InChI=1S/C8H12N4O2S/c1-3-12(7-9-10-11-15-7)4-2-8(1)13-5-6-14-8/h1-6H2. The second kappa shape index (κ2) is 3.66. The monoisotopic (exact) mass is 228 g/mol. The third kappa shape index (κ3) is 1.70. The van der Waals surface area contributed by atoms with Crippen LogP contribution in [0.15, 0.2) is 0 Å². The van der Waals surface area contributed by atoms with Gasteiger partial charge in [-0.2, -0.15) is 0 Å². The highest BCUT2D eigenvalue weighted by Gasteiger charge is 2.40. The first-order chi connectivity index (χ1) is 7.38. The summed E-state index contributed by atoms with van der Waals surface area (Å²) in [5, 5.41) is 8.45. The van der Waals surface area contributed by atoms with E-state index >= 15 is 0 Å². The molecule has 0 N–H and O–H groups in total. The summed E-state index contributed by atoms with van der Waals surface area (Å²) in [6.45, 7) is 3.24. The fraction of sp³-hybridized carbons (Fsp3) is 0.875. The second-order valence-electron chi connectivity index (χ2n) is 3.74. The molecule has 2 fully saturated rings. The number of rotatable bonds is 1. The van der Waals surface area contributed by atoms with E-state index in [9.17, 15) is 0 Å². The van der Waals surface area contributed by atoms with Crippen molar-refractivity contribution in [2.75, 3.05) is 31.2 Å². The number of piperidine rings is 1. The first-order valence-electron chi connectivity index (χ1n) is 5.06. The molecule has 2 aliphatic rings. The minimum atomic E-state index is -0.311. The molecule has 0 amide bonds. The number of hydrogen-bond acceptors (Lipinski definition) is 7. The van der Waals surface area contributed by atoms with Gasteiger partial charge in [0.05, 0.1) is 13.2 Å². The summed E-state index contributed by atoms with van der Waals surface area (Å²) in [5.74, 6) is -0.311. The van der Waals surface area contributed by atoms with Gasteiger partial charge in [-0.25, -0.2) is 0 Å². The molecule has 0 aromatic carbocycles. The lowest BCUT2D eigenvalue weighted by Crippen LogP contribution is -2.45. The van der Waals surface area contributed by atoms with Crippen molar-refractivity contribution >= 4 is 16.7 Å². The molecule has 7 heteroatoms. The van der Waals surface area contributed by atoms with E-state index in [1.807, 2.05) is 0 Å². The van der Waals surface area contributed by atoms with Crippen LogP contribution in [0.2, 0.25) is 0 Å². The molecule has 3 rings (SSSR count). The summed E-state index contributed by atoms with van der Waals surface area (Å²) in [6.07, 6.45) is 1.79. The van der Waals surface area contributed by atoms with Gasteiger partial charge < -0.3 is 14.4 Å². The highest BCUT2D eigenvalue weighted by atomic mass is 32.1. The SMILES string of the molecule is C1COC2(CCN(c3nnns3)CC2)O1. The van der Waals surface area contributed by atoms with Crippen LogP contribution >= 0.6 is 11.5 Å². The zero-order chi connectivity index (χ0) is 10.1. The van der Waals surface area contributed by atoms with Crippen molar-refractivity contribution in [3.8, 4) is 0 Å². The molecule has 1 spiro atoms. The molecule has 2 saturated heterocycles. The van der Waals surface area contributed by atoms with Crippen molar-refractivity contribution in [2.24, 2.45) is 0 Å². The maximum atomic E-state index is 5.65. The van der Waals surface area contributed by atoms with Crippen LogP contribution in [0.4, 0.5) is 5.13 Å². The molecule has 1 aromatic rings. The minimum absolute atomic E-state index is 0.311. The Morgan fingerprint density at radius 3 is 2.53 bits per heavy atom. The molecular formula is C8H12N4O2S. The van der Waals surface area contributed by atoms with E-state index in [-0.39, 0.29) is 5.79 Å². The predicted molar refractivity (Wildman–Crippen MR) is 53.8 cm³/mol. The largest absolute Gasteiger partial charge is 0.347 e. The fourth-order valence-electron chi connectivity index (χ4n) is 2.07. The average Bonchev–Trinajstić information content (AvgIpc) is 2.91. The molecule has 0 unspecified atom stereocenters. The van der Waals surface area contributed by atoms with Gasteiger partial charge in [-0.15, -0.1) is 0 Å². The van der Waals surface area contributed by atoms with Crippen LogP contribution in [0.5, 0.6) is 0 Å². The number of hydrogen-bond donors (Lipinski definition) is 0. The van der Waals surface area contributed by atoms with Gasteiger partial charge in [-0.05, 0) is 5.21 Å². The molecule has 1 aromatic heterocycles. The van der Waals surface area contributed by atoms with Gasteiger partial charge >= 0.3 is 0 Å². The minimum Gasteiger partial charge on any atom is -0.347 e. The van der Waals surface area contributed by atoms with Crippen molar-refractivity contribution in [3.63, 3.8) is 0 Å². The predicted octanol–water partition coefficient (Wildman–Crippen LogP) is 0.276. The third-order valence-corrected chi connectivity index (χ3v) is 3.56. The topological polar surface area (TPSA) is 60.4 Å². The number of ether oxygens (including phenoxy) is 2. The van der Waals surface area contributed by atoms with Crippen molar-refractivity contribution in [1.29, 1.82) is 0 Å². The van der Waals surface area contributed by atoms with E-state index in [2.05, 4.69) is 19.7 Å². The number of aromatic nitrogens is 3. The van der Waals surface area contributed by atoms with Gasteiger partial charge in [0.15, 0.2) is 5.79 Å². The maximum absolute atomic E-state index is 5.65. The fourth-order valence-corrected chi connectivity index (χ4v) is 2.59. The second-order valence-corrected chi connectivity index (χ2v) is 4.45. The Labute approximate surface area is 91.3 Å². The molecule has 2 aliphatic heterocycles. The van der Waals surface area contributed by atoms with Crippen molar-refractivity contribution in [1.82, 2.24) is 14.8 Å². The van der Waals surface area contributed by atoms with Gasteiger partial charge in [-0.1, -0.05) is 9.59 Å². The Kier molecular flexibility index (Phi) is 2.30. The Balaban J connectivity index is 1.65. The summed E-state index contributed by atoms with van der Waals surface area (Å²) in [7, 11) is 0. The maximum Gasteiger partial charge on any atom is 0.227 e. The van der Waals surface area contributed by atoms with Crippen molar-refractivity contribution < 1.29 is 9.47 Å². The first-order valence-corrected chi connectivity index (χ1v) is 5.83. The van der Waals surface area contributed by atoms with Crippen LogP contribution in [-0.4, -0.2) is 46.9 Å². The van der Waals surface area contributed by atoms with Crippen LogP contribution in [0, 0.1) is 0 Å². The Morgan fingerprint density at radius 2 is 1.93 bits per heavy atom. The quantitative estimate of drug-likeness (QED) is 0.688. The summed E-state index contributed by atoms with van der Waals surface area (Å²) in [5.41, 5.74) is 0. The van der Waals surface area contributed by atoms with Crippen LogP contribution < -0.4 is 4.90 Å². The molecule has 3 heterocycles. The highest BCUT2D eigenvalue weighted by molar-refractivity contribution is 7.09. The molecule has 82 valence electrons. The highest BCUT2D eigenvalue weighted by Crippen LogP contribution is 2.32. The summed E-state index contributed by atoms with van der Waals surface area (Å²) in [4.78, 5) is 2.18. The lowest BCUT2D eigenvalue weighted by atomic mass is 10.0. The number of nitrogens with zero attached hydrogens (tertiary/aromatic N) is 4. The van der Waals surface area contributed by atoms with Gasteiger partial charge in [0, 0.05) is 37.5 Å². The van der Waals surface area contributed by atoms with Gasteiger partial charge in [0.1, 0.15) is 0 Å². The molecule has 0 bridgehead atoms. The third-order valence-electron chi connectivity index (χ3n) is 2.90. The summed E-state index contributed by atoms with van der Waals surface area (Å²) >= 11 is 1.33. The molecule has 0 radical (unpaired) electrons. The average molecular weight is 228 g/mol. The Bertz CT molecular complexity index is 315. The van der Waals surface area contributed by atoms with Crippen molar-refractivity contribution in [3.05, 3.63) is 0 Å². The first kappa shape index (κ1) is 9.44. The zero-order valence-corrected chi connectivity index (χ0v) is 9.07. The van der Waals surface area contributed by atoms with E-state index in [0.29, 0.717) is 0 Å². The molecule has 0 saturated carbocycles. The normalized spacial score (nSPS) is 24.9. The van der Waals surface area contributed by atoms with Crippen LogP contribution in [-0.2, 0) is 9.47 Å². The molecular weight excluding hydrogens is 216 g/mol. The van der Waals surface area contributed by atoms with E-state index in [4.69, 9.17) is 9.47 Å². The summed E-state index contributed by atoms with van der Waals surface area (Å²) < 4.78 is 15.1. The number of anilines is 1. The van der Waals surface area contributed by atoms with Gasteiger partial charge in [0.2, 0.25) is 5.13 Å².